The predicted octanol–water partition coefficient (Wildman–Crippen LogP) is 8.16. The molecule has 18 heteroatoms. The third-order valence-electron chi connectivity index (χ3n) is 11.6. The molecule has 4 N–H and O–H groups in total. The third kappa shape index (κ3) is 9.88. The summed E-state index contributed by atoms with van der Waals surface area (Å²) in [6, 6.07) is 9.96. The number of hydrogen-bond acceptors (Lipinski definition) is 12. The van der Waals surface area contributed by atoms with Crippen LogP contribution in [0.15, 0.2) is 60.5 Å². The van der Waals surface area contributed by atoms with Crippen molar-refractivity contribution < 1.29 is 38.1 Å². The molecule has 6 atom stereocenters. The fraction of sp³-hybridized carbons (Fsp3) is 0.500. The summed E-state index contributed by atoms with van der Waals surface area (Å²) in [6.45, 7) is 13.4. The van der Waals surface area contributed by atoms with Gasteiger partial charge in [0.2, 0.25) is 19.2 Å². The van der Waals surface area contributed by atoms with Gasteiger partial charge in [0.15, 0.2) is 5.13 Å². The van der Waals surface area contributed by atoms with Crippen molar-refractivity contribution in [2.45, 2.75) is 115 Å². The Bertz CT molecular complexity index is 2390. The number of nitrogens with zero attached hydrogens (tertiary/aromatic N) is 4. The van der Waals surface area contributed by atoms with Gasteiger partial charge in [0, 0.05) is 41.3 Å². The first-order valence-corrected chi connectivity index (χ1v) is 24.0. The number of ether oxygens (including phenoxy) is 3. The number of fused-ring (bicyclic) bond motifs is 1. The Balaban J connectivity index is 1.22. The molecule has 2 aliphatic carbocycles. The zero-order chi connectivity index (χ0) is 44.6. The van der Waals surface area contributed by atoms with Gasteiger partial charge in [0.25, 0.3) is 0 Å². The zero-order valence-corrected chi connectivity index (χ0v) is 38.3. The molecule has 4 aromatic rings. The first-order valence-electron chi connectivity index (χ1n) is 20.9. The number of halogens is 1. The lowest BCUT2D eigenvalue weighted by Crippen LogP contribution is -2.58. The maximum atomic E-state index is 14.9. The maximum absolute atomic E-state index is 14.9. The summed E-state index contributed by atoms with van der Waals surface area (Å²) in [5.41, 5.74) is 1.25. The van der Waals surface area contributed by atoms with Crippen LogP contribution in [-0.4, -0.2) is 91.9 Å². The monoisotopic (exact) mass is 907 g/mol. The van der Waals surface area contributed by atoms with E-state index in [-0.39, 0.29) is 42.8 Å². The van der Waals surface area contributed by atoms with E-state index in [2.05, 4.69) is 27.5 Å². The van der Waals surface area contributed by atoms with E-state index < -0.39 is 60.1 Å². The van der Waals surface area contributed by atoms with Gasteiger partial charge in [-0.2, -0.15) is 0 Å². The smallest absolute Gasteiger partial charge is 0.408 e. The molecule has 62 heavy (non-hydrogen) atoms. The number of amides is 3. The van der Waals surface area contributed by atoms with Crippen molar-refractivity contribution in [1.82, 2.24) is 30.5 Å². The molecule has 1 unspecified atom stereocenters. The summed E-state index contributed by atoms with van der Waals surface area (Å²) < 4.78 is 32.3. The second kappa shape index (κ2) is 18.1. The predicted molar refractivity (Wildman–Crippen MR) is 240 cm³/mol. The number of alkyl carbamates (subject to hydrolysis) is 1. The topological polar surface area (TPSA) is 194 Å². The lowest BCUT2D eigenvalue weighted by atomic mass is 9.85. The number of thiazole rings is 1. The maximum Gasteiger partial charge on any atom is 0.408 e. The minimum atomic E-state index is -4.22. The van der Waals surface area contributed by atoms with Crippen LogP contribution < -0.4 is 25.4 Å². The van der Waals surface area contributed by atoms with Gasteiger partial charge in [-0.05, 0) is 75.6 Å². The average Bonchev–Trinajstić information content (AvgIpc) is 3.60. The van der Waals surface area contributed by atoms with Crippen molar-refractivity contribution in [3.8, 4) is 22.9 Å². The van der Waals surface area contributed by atoms with E-state index in [1.165, 1.54) is 16.2 Å². The molecule has 0 spiro atoms. The van der Waals surface area contributed by atoms with E-state index in [1.54, 1.807) is 49.6 Å². The highest BCUT2D eigenvalue weighted by Gasteiger charge is 2.66. The lowest BCUT2D eigenvalue weighted by molar-refractivity contribution is -0.142. The van der Waals surface area contributed by atoms with Gasteiger partial charge in [0.1, 0.15) is 51.9 Å². The fourth-order valence-corrected chi connectivity index (χ4v) is 11.6. The number of nitrogens with one attached hydrogen (secondary N) is 3. The molecule has 3 fully saturated rings. The van der Waals surface area contributed by atoms with Gasteiger partial charge >= 0.3 is 6.09 Å². The van der Waals surface area contributed by atoms with Gasteiger partial charge in [-0.15, -0.1) is 17.9 Å². The summed E-state index contributed by atoms with van der Waals surface area (Å²) in [6.07, 6.45) is 3.13. The second-order valence-corrected chi connectivity index (χ2v) is 21.5. The van der Waals surface area contributed by atoms with Gasteiger partial charge in [-0.25, -0.2) is 19.7 Å². The van der Waals surface area contributed by atoms with Crippen LogP contribution in [0.25, 0.3) is 22.3 Å². The highest BCUT2D eigenvalue weighted by Crippen LogP contribution is 2.70. The van der Waals surface area contributed by atoms with E-state index in [0.717, 1.165) is 30.8 Å². The number of carbonyl (C=O) groups is 3. The lowest BCUT2D eigenvalue weighted by Gasteiger charge is -2.36. The van der Waals surface area contributed by atoms with Crippen molar-refractivity contribution in [1.29, 1.82) is 0 Å². The minimum Gasteiger partial charge on any atom is -0.497 e. The van der Waals surface area contributed by atoms with Gasteiger partial charge in [-0.1, -0.05) is 44.5 Å². The van der Waals surface area contributed by atoms with Crippen molar-refractivity contribution in [2.24, 2.45) is 11.3 Å². The Hall–Kier alpha value is -4.76. The van der Waals surface area contributed by atoms with Crippen LogP contribution in [-0.2, 0) is 25.1 Å². The highest BCUT2D eigenvalue weighted by atomic mass is 35.5. The Morgan fingerprint density at radius 1 is 1.10 bits per heavy atom. The first kappa shape index (κ1) is 45.3. The normalized spacial score (nSPS) is 22.8. The Morgan fingerprint density at radius 3 is 2.52 bits per heavy atom. The minimum absolute atomic E-state index is 0.0236. The van der Waals surface area contributed by atoms with Crippen molar-refractivity contribution in [3.63, 3.8) is 0 Å². The number of methoxy groups -OCH3 is 1. The van der Waals surface area contributed by atoms with E-state index in [9.17, 15) is 23.8 Å². The number of likely N-dealkylation sites (tertiary alicyclic amines) is 1. The van der Waals surface area contributed by atoms with Crippen LogP contribution in [0.1, 0.15) is 78.8 Å². The number of anilines is 1. The SMILES string of the molecule is C=C[C@@H]1C[C@]1(NC(=O)[C@@H]1C[C@@H](Oc2cc(-c3csc(NC(C)C)n3)nc3cc(OC)ccc23)CN1C(=O)[C@@H](NC(=O)OC1CCCC1)C(C)(C)C)P(=O)(O)Cc1cccc(Cl)n1. The second-order valence-electron chi connectivity index (χ2n) is 17.7. The number of aromatic nitrogens is 3. The molecule has 332 valence electrons. The molecule has 1 aliphatic heterocycles. The van der Waals surface area contributed by atoms with E-state index in [4.69, 9.17) is 35.8 Å². The number of rotatable bonds is 15. The number of pyridine rings is 2. The van der Waals surface area contributed by atoms with Crippen LogP contribution in [0.3, 0.4) is 0 Å². The third-order valence-corrected chi connectivity index (χ3v) is 15.2. The number of benzene rings is 1. The van der Waals surface area contributed by atoms with Crippen molar-refractivity contribution in [2.75, 3.05) is 19.0 Å². The summed E-state index contributed by atoms with van der Waals surface area (Å²) in [5.74, 6) is -0.642. The molecule has 2 saturated carbocycles. The van der Waals surface area contributed by atoms with E-state index in [0.29, 0.717) is 39.5 Å². The molecule has 4 heterocycles. The largest absolute Gasteiger partial charge is 0.497 e. The summed E-state index contributed by atoms with van der Waals surface area (Å²) in [7, 11) is -2.65. The molecule has 1 saturated heterocycles. The summed E-state index contributed by atoms with van der Waals surface area (Å²) in [4.78, 5) is 69.9. The molecule has 3 aliphatic rings. The molecule has 3 amide bonds. The van der Waals surface area contributed by atoms with Crippen molar-refractivity contribution in [3.05, 3.63) is 71.3 Å². The fourth-order valence-electron chi connectivity index (χ4n) is 8.30. The quantitative estimate of drug-likeness (QED) is 0.0509. The van der Waals surface area contributed by atoms with Crippen LogP contribution in [0, 0.1) is 11.3 Å². The Kier molecular flexibility index (Phi) is 13.3. The van der Waals surface area contributed by atoms with Gasteiger partial charge in [0.05, 0.1) is 36.7 Å². The van der Waals surface area contributed by atoms with Crippen LogP contribution in [0.5, 0.6) is 11.5 Å². The Morgan fingerprint density at radius 2 is 1.85 bits per heavy atom. The average molecular weight is 908 g/mol. The zero-order valence-electron chi connectivity index (χ0n) is 35.9. The summed E-state index contributed by atoms with van der Waals surface area (Å²) in [5, 5.41) is 11.0. The first-order chi connectivity index (χ1) is 29.4. The standard InChI is InChI=1S/C44H55ClN7O8PS/c1-8-26-21-44(26,61(56,57)23-27-12-11-15-37(45)47-27)51-39(53)35-19-30(22-52(35)40(54)38(43(4,5)6)50-42(55)60-28-13-9-10-14-28)59-36-20-33(34-24-62-41(49-34)46-25(2)3)48-32-18-29(58-7)16-17-31(32)36/h8,11-12,15-18,20,24-26,28,30,35,38H,1,9-10,13-14,19,21-23H2,2-7H3,(H,46,49)(H,50,55)(H,51,53)(H,56,57)/t26-,30-,35+,38-,44+/m1/s1. The molecular formula is C44H55ClN7O8PS. The van der Waals surface area contributed by atoms with Crippen molar-refractivity contribution >= 4 is 64.2 Å². The molecule has 15 nitrogen and oxygen atoms in total. The molecular weight excluding hydrogens is 853 g/mol. The molecule has 7 rings (SSSR count). The molecule has 3 aromatic heterocycles. The summed E-state index contributed by atoms with van der Waals surface area (Å²) >= 11 is 7.57. The highest BCUT2D eigenvalue weighted by molar-refractivity contribution is 7.59. The van der Waals surface area contributed by atoms with E-state index >= 15 is 0 Å². The van der Waals surface area contributed by atoms with Crippen LogP contribution >= 0.6 is 30.3 Å². The van der Waals surface area contributed by atoms with Gasteiger partial charge in [-0.3, -0.25) is 14.2 Å². The van der Waals surface area contributed by atoms with Crippen LogP contribution in [0.2, 0.25) is 5.15 Å². The van der Waals surface area contributed by atoms with Crippen LogP contribution in [0.4, 0.5) is 9.93 Å². The Labute approximate surface area is 370 Å². The van der Waals surface area contributed by atoms with Gasteiger partial charge < -0.3 is 40.0 Å². The van der Waals surface area contributed by atoms with E-state index in [1.807, 2.05) is 46.1 Å². The number of hydrogen-bond donors (Lipinski definition) is 4. The molecule has 0 radical (unpaired) electrons. The molecule has 1 aromatic carbocycles. The molecule has 0 bridgehead atoms. The number of carbonyl (C=O) groups excluding carboxylic acids is 3.